The summed E-state index contributed by atoms with van der Waals surface area (Å²) in [6, 6.07) is 0.791. The maximum Gasteiger partial charge on any atom is 0.0701 e. The standard InChI is InChI=1S/C14H25NOS/c1-2-7-15-13(3-1)12-4-8-16-14(11-12)5-9-17-10-6-14/h12-13,15H,1-11H2. The highest BCUT2D eigenvalue weighted by atomic mass is 32.2. The van der Waals surface area contributed by atoms with E-state index in [2.05, 4.69) is 17.1 Å². The Balaban J connectivity index is 1.61. The molecule has 0 radical (unpaired) electrons. The van der Waals surface area contributed by atoms with E-state index in [0.717, 1.165) is 18.6 Å². The number of piperidine rings is 1. The van der Waals surface area contributed by atoms with Crippen LogP contribution in [0.25, 0.3) is 0 Å². The summed E-state index contributed by atoms with van der Waals surface area (Å²) >= 11 is 2.10. The van der Waals surface area contributed by atoms with Gasteiger partial charge < -0.3 is 10.1 Å². The molecule has 2 nitrogen and oxygen atoms in total. The van der Waals surface area contributed by atoms with E-state index in [1.807, 2.05) is 0 Å². The molecule has 3 heteroatoms. The first-order valence-corrected chi connectivity index (χ1v) is 8.49. The summed E-state index contributed by atoms with van der Waals surface area (Å²) in [6.07, 6.45) is 9.40. The van der Waals surface area contributed by atoms with Gasteiger partial charge in [0.25, 0.3) is 0 Å². The quantitative estimate of drug-likeness (QED) is 0.778. The zero-order chi connectivity index (χ0) is 11.6. The molecule has 0 aromatic rings. The maximum absolute atomic E-state index is 6.19. The Labute approximate surface area is 109 Å². The molecule has 0 aromatic carbocycles. The summed E-state index contributed by atoms with van der Waals surface area (Å²) in [5.74, 6) is 3.50. The lowest BCUT2D eigenvalue weighted by Gasteiger charge is -2.46. The zero-order valence-electron chi connectivity index (χ0n) is 10.7. The highest BCUT2D eigenvalue weighted by Gasteiger charge is 2.40. The van der Waals surface area contributed by atoms with E-state index in [1.54, 1.807) is 0 Å². The Hall–Kier alpha value is 0.270. The van der Waals surface area contributed by atoms with Gasteiger partial charge in [0, 0.05) is 12.6 Å². The van der Waals surface area contributed by atoms with E-state index in [1.165, 1.54) is 63.0 Å². The summed E-state index contributed by atoms with van der Waals surface area (Å²) in [6.45, 7) is 2.25. The topological polar surface area (TPSA) is 21.3 Å². The second kappa shape index (κ2) is 5.50. The minimum atomic E-state index is 0.271. The third-order valence-corrected chi connectivity index (χ3v) is 5.84. The molecule has 3 fully saturated rings. The first kappa shape index (κ1) is 12.3. The average Bonchev–Trinajstić information content (AvgIpc) is 2.41. The van der Waals surface area contributed by atoms with Gasteiger partial charge in [0.2, 0.25) is 0 Å². The summed E-state index contributed by atoms with van der Waals surface area (Å²) in [5.41, 5.74) is 0.271. The van der Waals surface area contributed by atoms with E-state index < -0.39 is 0 Å². The van der Waals surface area contributed by atoms with E-state index in [9.17, 15) is 0 Å². The number of nitrogens with one attached hydrogen (secondary N) is 1. The predicted octanol–water partition coefficient (Wildman–Crippen LogP) is 2.82. The fraction of sp³-hybridized carbons (Fsp3) is 1.00. The van der Waals surface area contributed by atoms with E-state index >= 15 is 0 Å². The molecule has 3 heterocycles. The first-order valence-electron chi connectivity index (χ1n) is 7.33. The lowest BCUT2D eigenvalue weighted by atomic mass is 9.77. The smallest absolute Gasteiger partial charge is 0.0701 e. The van der Waals surface area contributed by atoms with Crippen LogP contribution in [0.1, 0.15) is 44.9 Å². The van der Waals surface area contributed by atoms with Crippen LogP contribution in [0.3, 0.4) is 0 Å². The molecule has 0 amide bonds. The third kappa shape index (κ3) is 2.82. The molecule has 17 heavy (non-hydrogen) atoms. The van der Waals surface area contributed by atoms with E-state index in [4.69, 9.17) is 4.74 Å². The molecule has 2 unspecified atom stereocenters. The first-order chi connectivity index (χ1) is 8.38. The van der Waals surface area contributed by atoms with Crippen LogP contribution in [-0.2, 0) is 4.74 Å². The lowest BCUT2D eigenvalue weighted by Crippen LogP contribution is -2.49. The highest BCUT2D eigenvalue weighted by Crippen LogP contribution is 2.41. The van der Waals surface area contributed by atoms with Crippen molar-refractivity contribution in [1.82, 2.24) is 5.32 Å². The van der Waals surface area contributed by atoms with Gasteiger partial charge in [-0.25, -0.2) is 0 Å². The van der Waals surface area contributed by atoms with Crippen LogP contribution in [0, 0.1) is 5.92 Å². The summed E-state index contributed by atoms with van der Waals surface area (Å²) < 4.78 is 6.19. The van der Waals surface area contributed by atoms with Gasteiger partial charge in [0.15, 0.2) is 0 Å². The van der Waals surface area contributed by atoms with Gasteiger partial charge >= 0.3 is 0 Å². The van der Waals surface area contributed by atoms with Crippen molar-refractivity contribution in [2.24, 2.45) is 5.92 Å². The minimum absolute atomic E-state index is 0.271. The Morgan fingerprint density at radius 2 is 2.00 bits per heavy atom. The Kier molecular flexibility index (Phi) is 3.98. The number of hydrogen-bond acceptors (Lipinski definition) is 3. The monoisotopic (exact) mass is 255 g/mol. The lowest BCUT2D eigenvalue weighted by molar-refractivity contribution is -0.108. The van der Waals surface area contributed by atoms with Crippen molar-refractivity contribution < 1.29 is 4.74 Å². The van der Waals surface area contributed by atoms with Gasteiger partial charge in [0.05, 0.1) is 5.60 Å². The predicted molar refractivity (Wildman–Crippen MR) is 73.6 cm³/mol. The van der Waals surface area contributed by atoms with Crippen LogP contribution in [0.4, 0.5) is 0 Å². The van der Waals surface area contributed by atoms with Crippen molar-refractivity contribution in [3.8, 4) is 0 Å². The van der Waals surface area contributed by atoms with Gasteiger partial charge in [-0.3, -0.25) is 0 Å². The number of ether oxygens (including phenoxy) is 1. The van der Waals surface area contributed by atoms with E-state index in [0.29, 0.717) is 0 Å². The van der Waals surface area contributed by atoms with Gasteiger partial charge in [-0.15, -0.1) is 0 Å². The van der Waals surface area contributed by atoms with Gasteiger partial charge in [-0.1, -0.05) is 6.42 Å². The summed E-state index contributed by atoms with van der Waals surface area (Å²) in [7, 11) is 0. The van der Waals surface area contributed by atoms with Crippen LogP contribution >= 0.6 is 11.8 Å². The molecule has 1 N–H and O–H groups in total. The molecular formula is C14H25NOS. The second-order valence-corrected chi connectivity index (χ2v) is 7.18. The van der Waals surface area contributed by atoms with Crippen molar-refractivity contribution in [2.45, 2.75) is 56.6 Å². The molecule has 3 aliphatic rings. The van der Waals surface area contributed by atoms with Crippen LogP contribution in [0.15, 0.2) is 0 Å². The molecule has 3 aliphatic heterocycles. The molecule has 1 spiro atoms. The Morgan fingerprint density at radius 3 is 2.76 bits per heavy atom. The second-order valence-electron chi connectivity index (χ2n) is 5.95. The van der Waals surface area contributed by atoms with Gasteiger partial charge in [0.1, 0.15) is 0 Å². The number of rotatable bonds is 1. The molecule has 2 atom stereocenters. The van der Waals surface area contributed by atoms with Gasteiger partial charge in [-0.2, -0.15) is 11.8 Å². The minimum Gasteiger partial charge on any atom is -0.375 e. The average molecular weight is 255 g/mol. The molecule has 0 aromatic heterocycles. The third-order valence-electron chi connectivity index (χ3n) is 4.85. The van der Waals surface area contributed by atoms with Gasteiger partial charge in [-0.05, 0) is 62.5 Å². The molecule has 0 saturated carbocycles. The van der Waals surface area contributed by atoms with Crippen molar-refractivity contribution in [3.63, 3.8) is 0 Å². The molecule has 0 bridgehead atoms. The fourth-order valence-corrected chi connectivity index (χ4v) is 5.02. The number of thioether (sulfide) groups is 1. The Bertz CT molecular complexity index is 241. The van der Waals surface area contributed by atoms with Crippen molar-refractivity contribution >= 4 is 11.8 Å². The SMILES string of the molecule is C1CCC(C2CCOC3(CCSCC3)C2)NC1. The summed E-state index contributed by atoms with van der Waals surface area (Å²) in [5, 5.41) is 3.75. The number of hydrogen-bond donors (Lipinski definition) is 1. The molecule has 98 valence electrons. The largest absolute Gasteiger partial charge is 0.375 e. The van der Waals surface area contributed by atoms with Crippen molar-refractivity contribution in [2.75, 3.05) is 24.7 Å². The van der Waals surface area contributed by atoms with E-state index in [-0.39, 0.29) is 5.60 Å². The van der Waals surface area contributed by atoms with Crippen LogP contribution in [0.5, 0.6) is 0 Å². The van der Waals surface area contributed by atoms with Crippen LogP contribution in [-0.4, -0.2) is 36.3 Å². The van der Waals surface area contributed by atoms with Crippen LogP contribution in [0.2, 0.25) is 0 Å². The molecule has 3 rings (SSSR count). The zero-order valence-corrected chi connectivity index (χ0v) is 11.6. The highest BCUT2D eigenvalue weighted by molar-refractivity contribution is 7.99. The maximum atomic E-state index is 6.19. The van der Waals surface area contributed by atoms with Crippen LogP contribution < -0.4 is 5.32 Å². The summed E-state index contributed by atoms with van der Waals surface area (Å²) in [4.78, 5) is 0. The Morgan fingerprint density at radius 1 is 1.12 bits per heavy atom. The molecular weight excluding hydrogens is 230 g/mol. The molecule has 0 aliphatic carbocycles. The fourth-order valence-electron chi connectivity index (χ4n) is 3.78. The van der Waals surface area contributed by atoms with Crippen molar-refractivity contribution in [3.05, 3.63) is 0 Å². The van der Waals surface area contributed by atoms with Crippen molar-refractivity contribution in [1.29, 1.82) is 0 Å². The normalized spacial score (nSPS) is 38.1. The molecule has 3 saturated heterocycles.